The number of methoxy groups -OCH3 is 2. The molecule has 0 saturated heterocycles. The lowest BCUT2D eigenvalue weighted by Gasteiger charge is -2.20. The zero-order valence-electron chi connectivity index (χ0n) is 17.4. The van der Waals surface area contributed by atoms with Gasteiger partial charge in [-0.1, -0.05) is 18.2 Å². The highest BCUT2D eigenvalue weighted by Crippen LogP contribution is 2.38. The second kappa shape index (κ2) is 9.17. The first-order chi connectivity index (χ1) is 12.9. The molecule has 0 heterocycles. The number of hydrogen-bond acceptors (Lipinski definition) is 4. The SMILES string of the molecule is C/C=C/C=C(c1ccc(N(C)C)cc1OC)c1ccc(N(C)C)cc1OC. The second-order valence-electron chi connectivity index (χ2n) is 6.66. The Balaban J connectivity index is 2.68. The molecule has 0 aliphatic rings. The maximum atomic E-state index is 5.71. The molecule has 0 amide bonds. The molecule has 0 fully saturated rings. The van der Waals surface area contributed by atoms with Crippen LogP contribution in [0, 0.1) is 0 Å². The molecule has 2 rings (SSSR count). The van der Waals surface area contributed by atoms with Crippen LogP contribution in [0.4, 0.5) is 11.4 Å². The Labute approximate surface area is 163 Å². The van der Waals surface area contributed by atoms with Crippen LogP contribution in [0.3, 0.4) is 0 Å². The molecule has 0 aromatic heterocycles. The van der Waals surface area contributed by atoms with E-state index in [1.54, 1.807) is 14.2 Å². The van der Waals surface area contributed by atoms with Crippen LogP contribution in [-0.4, -0.2) is 42.4 Å². The van der Waals surface area contributed by atoms with E-state index in [9.17, 15) is 0 Å². The molecule has 2 aromatic rings. The smallest absolute Gasteiger partial charge is 0.128 e. The molecule has 27 heavy (non-hydrogen) atoms. The van der Waals surface area contributed by atoms with Crippen molar-refractivity contribution in [1.29, 1.82) is 0 Å². The highest BCUT2D eigenvalue weighted by molar-refractivity contribution is 5.87. The molecule has 0 aliphatic heterocycles. The summed E-state index contributed by atoms with van der Waals surface area (Å²) in [4.78, 5) is 4.13. The summed E-state index contributed by atoms with van der Waals surface area (Å²) in [6, 6.07) is 12.5. The van der Waals surface area contributed by atoms with E-state index in [0.29, 0.717) is 0 Å². The quantitative estimate of drug-likeness (QED) is 0.655. The van der Waals surface area contributed by atoms with Crippen molar-refractivity contribution in [2.24, 2.45) is 0 Å². The summed E-state index contributed by atoms with van der Waals surface area (Å²) in [6.07, 6.45) is 6.15. The number of nitrogens with zero attached hydrogens (tertiary/aromatic N) is 2. The van der Waals surface area contributed by atoms with E-state index in [4.69, 9.17) is 9.47 Å². The van der Waals surface area contributed by atoms with Gasteiger partial charge in [0.05, 0.1) is 14.2 Å². The first kappa shape index (κ1) is 20.4. The number of hydrogen-bond donors (Lipinski definition) is 0. The summed E-state index contributed by atoms with van der Waals surface area (Å²) in [6.45, 7) is 2.01. The van der Waals surface area contributed by atoms with Gasteiger partial charge in [-0.25, -0.2) is 0 Å². The van der Waals surface area contributed by atoms with Gasteiger partial charge in [0.15, 0.2) is 0 Å². The first-order valence-corrected chi connectivity index (χ1v) is 8.97. The lowest BCUT2D eigenvalue weighted by Crippen LogP contribution is -2.09. The third-order valence-corrected chi connectivity index (χ3v) is 4.44. The van der Waals surface area contributed by atoms with Crippen molar-refractivity contribution in [2.45, 2.75) is 6.92 Å². The number of rotatable bonds is 7. The summed E-state index contributed by atoms with van der Waals surface area (Å²) in [7, 11) is 11.5. The molecule has 0 unspecified atom stereocenters. The maximum absolute atomic E-state index is 5.71. The summed E-state index contributed by atoms with van der Waals surface area (Å²) >= 11 is 0. The Morgan fingerprint density at radius 1 is 0.778 bits per heavy atom. The molecule has 0 N–H and O–H groups in total. The summed E-state index contributed by atoms with van der Waals surface area (Å²) < 4.78 is 11.4. The van der Waals surface area contributed by atoms with E-state index in [-0.39, 0.29) is 0 Å². The van der Waals surface area contributed by atoms with Crippen molar-refractivity contribution in [1.82, 2.24) is 0 Å². The van der Waals surface area contributed by atoms with Crippen molar-refractivity contribution < 1.29 is 9.47 Å². The van der Waals surface area contributed by atoms with Gasteiger partial charge in [0, 0.05) is 62.8 Å². The molecular formula is C23H30N2O2. The van der Waals surface area contributed by atoms with Crippen LogP contribution in [0.15, 0.2) is 54.6 Å². The third kappa shape index (κ3) is 4.64. The van der Waals surface area contributed by atoms with E-state index in [2.05, 4.69) is 52.3 Å². The fourth-order valence-electron chi connectivity index (χ4n) is 2.88. The van der Waals surface area contributed by atoms with Gasteiger partial charge in [0.2, 0.25) is 0 Å². The molecule has 0 atom stereocenters. The van der Waals surface area contributed by atoms with Crippen LogP contribution in [0.25, 0.3) is 5.57 Å². The number of benzene rings is 2. The lowest BCUT2D eigenvalue weighted by atomic mass is 9.95. The lowest BCUT2D eigenvalue weighted by molar-refractivity contribution is 0.411. The molecule has 4 heteroatoms. The summed E-state index contributed by atoms with van der Waals surface area (Å²) in [5, 5.41) is 0. The Morgan fingerprint density at radius 3 is 1.56 bits per heavy atom. The molecule has 0 bridgehead atoms. The average Bonchev–Trinajstić information content (AvgIpc) is 2.68. The third-order valence-electron chi connectivity index (χ3n) is 4.44. The Morgan fingerprint density at radius 2 is 1.22 bits per heavy atom. The van der Waals surface area contributed by atoms with E-state index < -0.39 is 0 Å². The van der Waals surface area contributed by atoms with Gasteiger partial charge >= 0.3 is 0 Å². The molecule has 144 valence electrons. The topological polar surface area (TPSA) is 24.9 Å². The minimum atomic E-state index is 0.829. The zero-order valence-corrected chi connectivity index (χ0v) is 17.4. The predicted molar refractivity (Wildman–Crippen MR) is 117 cm³/mol. The van der Waals surface area contributed by atoms with Crippen LogP contribution >= 0.6 is 0 Å². The highest BCUT2D eigenvalue weighted by Gasteiger charge is 2.16. The minimum Gasteiger partial charge on any atom is -0.496 e. The maximum Gasteiger partial charge on any atom is 0.128 e. The summed E-state index contributed by atoms with van der Waals surface area (Å²) in [5.74, 6) is 1.66. The molecule has 0 saturated carbocycles. The molecular weight excluding hydrogens is 336 g/mol. The van der Waals surface area contributed by atoms with Gasteiger partial charge in [0.1, 0.15) is 11.5 Å². The van der Waals surface area contributed by atoms with Crippen LogP contribution in [0.5, 0.6) is 11.5 Å². The first-order valence-electron chi connectivity index (χ1n) is 8.97. The van der Waals surface area contributed by atoms with Crippen LogP contribution in [0.2, 0.25) is 0 Å². The van der Waals surface area contributed by atoms with E-state index >= 15 is 0 Å². The van der Waals surface area contributed by atoms with E-state index in [0.717, 1.165) is 39.6 Å². The number of allylic oxidation sites excluding steroid dienone is 3. The fourth-order valence-corrected chi connectivity index (χ4v) is 2.88. The van der Waals surface area contributed by atoms with E-state index in [1.165, 1.54) is 0 Å². The molecule has 0 aliphatic carbocycles. The fraction of sp³-hybridized carbons (Fsp3) is 0.304. The van der Waals surface area contributed by atoms with Crippen molar-refractivity contribution in [3.63, 3.8) is 0 Å². The zero-order chi connectivity index (χ0) is 20.0. The predicted octanol–water partition coefficient (Wildman–Crippen LogP) is 4.84. The Hall–Kier alpha value is -2.88. The normalized spacial score (nSPS) is 10.6. The molecule has 2 aromatic carbocycles. The van der Waals surface area contributed by atoms with Crippen molar-refractivity contribution in [3.8, 4) is 11.5 Å². The van der Waals surface area contributed by atoms with Crippen LogP contribution in [-0.2, 0) is 0 Å². The van der Waals surface area contributed by atoms with Crippen molar-refractivity contribution >= 4 is 16.9 Å². The molecule has 4 nitrogen and oxygen atoms in total. The number of ether oxygens (including phenoxy) is 2. The van der Waals surface area contributed by atoms with Crippen molar-refractivity contribution in [2.75, 3.05) is 52.2 Å². The van der Waals surface area contributed by atoms with Gasteiger partial charge in [-0.3, -0.25) is 0 Å². The van der Waals surface area contributed by atoms with Gasteiger partial charge < -0.3 is 19.3 Å². The largest absolute Gasteiger partial charge is 0.496 e. The van der Waals surface area contributed by atoms with E-state index in [1.807, 2.05) is 47.3 Å². The van der Waals surface area contributed by atoms with Gasteiger partial charge in [-0.15, -0.1) is 0 Å². The van der Waals surface area contributed by atoms with Gasteiger partial charge in [-0.2, -0.15) is 0 Å². The Kier molecular flexibility index (Phi) is 6.94. The van der Waals surface area contributed by atoms with Gasteiger partial charge in [0.25, 0.3) is 0 Å². The van der Waals surface area contributed by atoms with Crippen molar-refractivity contribution in [3.05, 3.63) is 65.8 Å². The minimum absolute atomic E-state index is 0.829. The standard InChI is InChI=1S/C23H30N2O2/c1-8-9-10-19(20-13-11-17(24(2)3)15-22(20)26-6)21-14-12-18(25(4)5)16-23(21)27-7/h8-16H,1-7H3/b9-8+. The van der Waals surface area contributed by atoms with Crippen LogP contribution in [0.1, 0.15) is 18.1 Å². The Bertz CT molecular complexity index is 775. The van der Waals surface area contributed by atoms with Crippen LogP contribution < -0.4 is 19.3 Å². The van der Waals surface area contributed by atoms with Gasteiger partial charge in [-0.05, 0) is 36.8 Å². The second-order valence-corrected chi connectivity index (χ2v) is 6.66. The number of anilines is 2. The molecule has 0 spiro atoms. The highest BCUT2D eigenvalue weighted by atomic mass is 16.5. The summed E-state index contributed by atoms with van der Waals surface area (Å²) in [5.41, 5.74) is 5.29. The average molecular weight is 367 g/mol. The molecule has 0 radical (unpaired) electrons. The monoisotopic (exact) mass is 366 g/mol.